The topological polar surface area (TPSA) is 144 Å². The Kier molecular flexibility index (Phi) is 8.06. The van der Waals surface area contributed by atoms with Gasteiger partial charge in [-0.2, -0.15) is 8.42 Å². The van der Waals surface area contributed by atoms with Crippen molar-refractivity contribution < 1.29 is 22.5 Å². The molecule has 2 unspecified atom stereocenters. The standard InChI is InChI=1S/C22H22Cl2N4O5S2/c23-14-3-1-2-13(7-14)19(29)21-17(24)8-18(34-21)20(30)16-9-26-11-27-22(16)28-15-5-4-12(6-15)10-33-35(25,31)32/h1-3,7-9,11-12,15,19,29H,4-6,10H2,(H2,25,31,32)(H,26,27,28)/t12-,15?,19?/m1/s1. The molecule has 35 heavy (non-hydrogen) atoms. The largest absolute Gasteiger partial charge is 0.383 e. The molecule has 2 heterocycles. The van der Waals surface area contributed by atoms with E-state index in [-0.39, 0.29) is 34.9 Å². The Hall–Kier alpha value is -2.12. The number of rotatable bonds is 9. The molecule has 0 aliphatic heterocycles. The first-order valence-electron chi connectivity index (χ1n) is 10.6. The fourth-order valence-corrected chi connectivity index (χ4v) is 5.99. The number of hydrogen-bond donors (Lipinski definition) is 3. The molecule has 186 valence electrons. The van der Waals surface area contributed by atoms with Crippen molar-refractivity contribution in [3.8, 4) is 0 Å². The predicted molar refractivity (Wildman–Crippen MR) is 134 cm³/mol. The Morgan fingerprint density at radius 2 is 2.11 bits per heavy atom. The van der Waals surface area contributed by atoms with Gasteiger partial charge in [-0.05, 0) is 48.9 Å². The zero-order valence-electron chi connectivity index (χ0n) is 18.2. The predicted octanol–water partition coefficient (Wildman–Crippen LogP) is 3.96. The summed E-state index contributed by atoms with van der Waals surface area (Å²) in [6.07, 6.45) is 3.85. The number of aliphatic hydroxyl groups is 1. The Morgan fingerprint density at radius 1 is 1.31 bits per heavy atom. The van der Waals surface area contributed by atoms with Crippen molar-refractivity contribution in [3.63, 3.8) is 0 Å². The van der Waals surface area contributed by atoms with Gasteiger partial charge in [0.05, 0.1) is 26.9 Å². The summed E-state index contributed by atoms with van der Waals surface area (Å²) in [6.45, 7) is 0.0119. The normalized spacial score (nSPS) is 19.0. The summed E-state index contributed by atoms with van der Waals surface area (Å²) in [5.41, 5.74) is 0.825. The van der Waals surface area contributed by atoms with Crippen LogP contribution in [0, 0.1) is 5.92 Å². The molecule has 1 aliphatic carbocycles. The number of carbonyl (C=O) groups excluding carboxylic acids is 1. The molecule has 0 spiro atoms. The number of ketones is 1. The smallest absolute Gasteiger partial charge is 0.333 e. The van der Waals surface area contributed by atoms with Crippen molar-refractivity contribution in [1.29, 1.82) is 0 Å². The van der Waals surface area contributed by atoms with Crippen molar-refractivity contribution >= 4 is 56.4 Å². The average Bonchev–Trinajstić information content (AvgIpc) is 3.43. The number of nitrogens with zero attached hydrogens (tertiary/aromatic N) is 2. The lowest BCUT2D eigenvalue weighted by Crippen LogP contribution is -2.22. The number of thiophene rings is 1. The van der Waals surface area contributed by atoms with Crippen LogP contribution in [0.2, 0.25) is 10.0 Å². The van der Waals surface area contributed by atoms with Crippen LogP contribution in [-0.2, 0) is 14.5 Å². The van der Waals surface area contributed by atoms with Gasteiger partial charge < -0.3 is 10.4 Å². The number of carbonyl (C=O) groups is 1. The summed E-state index contributed by atoms with van der Waals surface area (Å²) in [4.78, 5) is 22.3. The molecule has 3 atom stereocenters. The van der Waals surface area contributed by atoms with E-state index in [0.717, 1.165) is 24.2 Å². The first kappa shape index (κ1) is 26.0. The van der Waals surface area contributed by atoms with E-state index < -0.39 is 16.4 Å². The number of hydrogen-bond acceptors (Lipinski definition) is 9. The number of nitrogens with two attached hydrogens (primary N) is 1. The lowest BCUT2D eigenvalue weighted by atomic mass is 10.1. The Morgan fingerprint density at radius 3 is 2.86 bits per heavy atom. The first-order chi connectivity index (χ1) is 16.6. The fraction of sp³-hybridized carbons (Fsp3) is 0.318. The second kappa shape index (κ2) is 10.9. The Bertz CT molecular complexity index is 1330. The third-order valence-corrected chi connectivity index (χ3v) is 7.97. The van der Waals surface area contributed by atoms with Gasteiger partial charge in [-0.3, -0.25) is 8.98 Å². The molecule has 0 amide bonds. The SMILES string of the molecule is NS(=O)(=O)OC[C@@H]1CCC(Nc2ncncc2C(=O)c2cc(Cl)c(C(O)c3cccc(Cl)c3)s2)C1. The van der Waals surface area contributed by atoms with E-state index in [0.29, 0.717) is 32.6 Å². The van der Waals surface area contributed by atoms with E-state index in [4.69, 9.17) is 32.5 Å². The summed E-state index contributed by atoms with van der Waals surface area (Å²) in [5.74, 6) is 0.0413. The second-order valence-corrected chi connectivity index (χ2v) is 11.3. The van der Waals surface area contributed by atoms with Crippen LogP contribution in [-0.4, -0.2) is 41.9 Å². The number of aliphatic hydroxyl groups excluding tert-OH is 1. The molecule has 2 aromatic heterocycles. The number of benzene rings is 1. The molecule has 0 saturated heterocycles. The minimum atomic E-state index is -3.98. The van der Waals surface area contributed by atoms with Crippen molar-refractivity contribution in [2.24, 2.45) is 11.1 Å². The third kappa shape index (κ3) is 6.56. The van der Waals surface area contributed by atoms with Crippen LogP contribution in [0.5, 0.6) is 0 Å². The monoisotopic (exact) mass is 556 g/mol. The van der Waals surface area contributed by atoms with Crippen molar-refractivity contribution in [2.45, 2.75) is 31.4 Å². The highest BCUT2D eigenvalue weighted by atomic mass is 35.5. The molecular formula is C22H22Cl2N4O5S2. The van der Waals surface area contributed by atoms with Gasteiger partial charge in [0.25, 0.3) is 0 Å². The van der Waals surface area contributed by atoms with E-state index in [1.807, 2.05) is 0 Å². The van der Waals surface area contributed by atoms with E-state index in [1.54, 1.807) is 24.3 Å². The van der Waals surface area contributed by atoms with Crippen molar-refractivity contribution in [3.05, 3.63) is 73.8 Å². The van der Waals surface area contributed by atoms with Gasteiger partial charge in [-0.1, -0.05) is 35.3 Å². The molecular weight excluding hydrogens is 535 g/mol. The number of anilines is 1. The number of nitrogens with one attached hydrogen (secondary N) is 1. The van der Waals surface area contributed by atoms with Crippen molar-refractivity contribution in [2.75, 3.05) is 11.9 Å². The highest BCUT2D eigenvalue weighted by Crippen LogP contribution is 2.37. The molecule has 4 N–H and O–H groups in total. The highest BCUT2D eigenvalue weighted by molar-refractivity contribution is 7.84. The van der Waals surface area contributed by atoms with Gasteiger partial charge >= 0.3 is 10.3 Å². The molecule has 1 fully saturated rings. The lowest BCUT2D eigenvalue weighted by molar-refractivity contribution is 0.104. The van der Waals surface area contributed by atoms with E-state index in [1.165, 1.54) is 18.6 Å². The van der Waals surface area contributed by atoms with Gasteiger partial charge in [-0.25, -0.2) is 15.1 Å². The minimum absolute atomic E-state index is 0.0119. The van der Waals surface area contributed by atoms with Crippen LogP contribution >= 0.6 is 34.5 Å². The summed E-state index contributed by atoms with van der Waals surface area (Å²) in [5, 5.41) is 19.7. The molecule has 0 bridgehead atoms. The van der Waals surface area contributed by atoms with Gasteiger partial charge in [0.2, 0.25) is 5.78 Å². The maximum Gasteiger partial charge on any atom is 0.333 e. The Balaban J connectivity index is 1.49. The third-order valence-electron chi connectivity index (χ3n) is 5.66. The number of aromatic nitrogens is 2. The molecule has 0 radical (unpaired) electrons. The molecule has 13 heteroatoms. The van der Waals surface area contributed by atoms with Crippen molar-refractivity contribution in [1.82, 2.24) is 9.97 Å². The van der Waals surface area contributed by atoms with E-state index in [2.05, 4.69) is 15.3 Å². The Labute approximate surface area is 216 Å². The van der Waals surface area contributed by atoms with Crippen LogP contribution in [0.1, 0.15) is 51.0 Å². The summed E-state index contributed by atoms with van der Waals surface area (Å²) < 4.78 is 26.8. The van der Waals surface area contributed by atoms with Gasteiger partial charge in [0.15, 0.2) is 0 Å². The van der Waals surface area contributed by atoms with Crippen LogP contribution in [0.4, 0.5) is 5.82 Å². The van der Waals surface area contributed by atoms with Crippen LogP contribution in [0.25, 0.3) is 0 Å². The van der Waals surface area contributed by atoms with Crippen LogP contribution < -0.4 is 10.5 Å². The molecule has 1 aromatic carbocycles. The summed E-state index contributed by atoms with van der Waals surface area (Å²) >= 11 is 13.5. The molecule has 3 aromatic rings. The van der Waals surface area contributed by atoms with Gasteiger partial charge in [0, 0.05) is 17.3 Å². The maximum absolute atomic E-state index is 13.3. The first-order valence-corrected chi connectivity index (χ1v) is 13.7. The van der Waals surface area contributed by atoms with Crippen LogP contribution in [0.15, 0.2) is 42.9 Å². The molecule has 1 saturated carbocycles. The quantitative estimate of drug-likeness (QED) is 0.336. The zero-order chi connectivity index (χ0) is 25.2. The molecule has 9 nitrogen and oxygen atoms in total. The van der Waals surface area contributed by atoms with Crippen LogP contribution in [0.3, 0.4) is 0 Å². The summed E-state index contributed by atoms with van der Waals surface area (Å²) in [7, 11) is -3.98. The minimum Gasteiger partial charge on any atom is -0.383 e. The summed E-state index contributed by atoms with van der Waals surface area (Å²) in [6, 6.07) is 8.28. The maximum atomic E-state index is 13.3. The highest BCUT2D eigenvalue weighted by Gasteiger charge is 2.28. The average molecular weight is 557 g/mol. The lowest BCUT2D eigenvalue weighted by Gasteiger charge is -2.15. The molecule has 1 aliphatic rings. The number of halogens is 2. The second-order valence-electron chi connectivity index (χ2n) is 8.19. The zero-order valence-corrected chi connectivity index (χ0v) is 21.4. The van der Waals surface area contributed by atoms with Gasteiger partial charge in [-0.15, -0.1) is 11.3 Å². The fourth-order valence-electron chi connectivity index (χ4n) is 3.99. The van der Waals surface area contributed by atoms with E-state index in [9.17, 15) is 18.3 Å². The molecule has 4 rings (SSSR count). The van der Waals surface area contributed by atoms with Gasteiger partial charge in [0.1, 0.15) is 18.2 Å². The van der Waals surface area contributed by atoms with E-state index >= 15 is 0 Å².